The van der Waals surface area contributed by atoms with Crippen LogP contribution in [0.2, 0.25) is 0 Å². The van der Waals surface area contributed by atoms with Crippen molar-refractivity contribution in [3.63, 3.8) is 0 Å². The van der Waals surface area contributed by atoms with E-state index in [1.54, 1.807) is 24.3 Å². The molecule has 1 fully saturated rings. The van der Waals surface area contributed by atoms with Crippen molar-refractivity contribution in [3.8, 4) is 5.75 Å². The van der Waals surface area contributed by atoms with E-state index < -0.39 is 5.97 Å². The Morgan fingerprint density at radius 3 is 3.00 bits per heavy atom. The highest BCUT2D eigenvalue weighted by Crippen LogP contribution is 2.19. The summed E-state index contributed by atoms with van der Waals surface area (Å²) in [5, 5.41) is 2.77. The zero-order chi connectivity index (χ0) is 14.4. The van der Waals surface area contributed by atoms with E-state index in [0.717, 1.165) is 12.8 Å². The molecule has 1 aliphatic heterocycles. The molecule has 6 heteroatoms. The van der Waals surface area contributed by atoms with Gasteiger partial charge in [0.25, 0.3) is 5.91 Å². The van der Waals surface area contributed by atoms with Crippen LogP contribution in [0.15, 0.2) is 24.3 Å². The Morgan fingerprint density at radius 2 is 2.30 bits per heavy atom. The molecule has 0 saturated carbocycles. The Labute approximate surface area is 117 Å². The van der Waals surface area contributed by atoms with E-state index in [9.17, 15) is 9.59 Å². The van der Waals surface area contributed by atoms with Gasteiger partial charge in [-0.25, -0.2) is 4.79 Å². The maximum Gasteiger partial charge on any atom is 0.343 e. The highest BCUT2D eigenvalue weighted by molar-refractivity contribution is 5.94. The molecule has 0 unspecified atom stereocenters. The van der Waals surface area contributed by atoms with E-state index in [-0.39, 0.29) is 18.6 Å². The second-order valence-corrected chi connectivity index (χ2v) is 4.38. The molecular formula is C14H17NO5. The molecule has 0 bridgehead atoms. The molecule has 1 saturated heterocycles. The molecule has 0 spiro atoms. The number of rotatable bonds is 5. The van der Waals surface area contributed by atoms with Gasteiger partial charge in [-0.1, -0.05) is 6.07 Å². The van der Waals surface area contributed by atoms with E-state index in [1.165, 1.54) is 7.11 Å². The molecule has 1 aromatic carbocycles. The largest absolute Gasteiger partial charge is 0.482 e. The van der Waals surface area contributed by atoms with Crippen molar-refractivity contribution in [3.05, 3.63) is 24.3 Å². The lowest BCUT2D eigenvalue weighted by Gasteiger charge is -2.11. The smallest absolute Gasteiger partial charge is 0.343 e. The Morgan fingerprint density at radius 1 is 1.45 bits per heavy atom. The van der Waals surface area contributed by atoms with Crippen molar-refractivity contribution in [2.75, 3.05) is 25.6 Å². The maximum atomic E-state index is 11.9. The predicted molar refractivity (Wildman–Crippen MR) is 71.6 cm³/mol. The molecule has 1 aromatic rings. The number of carbonyl (C=O) groups is 2. The van der Waals surface area contributed by atoms with Crippen LogP contribution in [0, 0.1) is 0 Å². The highest BCUT2D eigenvalue weighted by atomic mass is 16.6. The van der Waals surface area contributed by atoms with Crippen LogP contribution >= 0.6 is 0 Å². The quantitative estimate of drug-likeness (QED) is 0.824. The SMILES string of the molecule is COC(=O)COc1cccc(NC(=O)[C@H]2CCCO2)c1. The van der Waals surface area contributed by atoms with E-state index in [1.807, 2.05) is 0 Å². The average molecular weight is 279 g/mol. The first kappa shape index (κ1) is 14.3. The lowest BCUT2D eigenvalue weighted by atomic mass is 10.2. The molecule has 1 amide bonds. The van der Waals surface area contributed by atoms with E-state index in [0.29, 0.717) is 18.0 Å². The van der Waals surface area contributed by atoms with E-state index in [2.05, 4.69) is 10.1 Å². The molecule has 1 atom stereocenters. The number of anilines is 1. The van der Waals surface area contributed by atoms with Gasteiger partial charge in [-0.3, -0.25) is 4.79 Å². The molecule has 2 rings (SSSR count). The topological polar surface area (TPSA) is 73.9 Å². The van der Waals surface area contributed by atoms with Crippen molar-refractivity contribution in [2.45, 2.75) is 18.9 Å². The van der Waals surface area contributed by atoms with E-state index in [4.69, 9.17) is 9.47 Å². The fraction of sp³-hybridized carbons (Fsp3) is 0.429. The molecule has 1 heterocycles. The normalized spacial score (nSPS) is 17.6. The van der Waals surface area contributed by atoms with Crippen molar-refractivity contribution in [2.24, 2.45) is 0 Å². The number of hydrogen-bond acceptors (Lipinski definition) is 5. The summed E-state index contributed by atoms with van der Waals surface area (Å²) in [6.45, 7) is 0.458. The number of amides is 1. The molecule has 1 N–H and O–H groups in total. The van der Waals surface area contributed by atoms with Crippen molar-refractivity contribution >= 4 is 17.6 Å². The van der Waals surface area contributed by atoms with Gasteiger partial charge in [-0.15, -0.1) is 0 Å². The van der Waals surface area contributed by atoms with Crippen LogP contribution in [0.4, 0.5) is 5.69 Å². The summed E-state index contributed by atoms with van der Waals surface area (Å²) < 4.78 is 15.0. The number of ether oxygens (including phenoxy) is 3. The number of benzene rings is 1. The molecule has 0 aromatic heterocycles. The summed E-state index contributed by atoms with van der Waals surface area (Å²) in [4.78, 5) is 22.9. The summed E-state index contributed by atoms with van der Waals surface area (Å²) in [6, 6.07) is 6.83. The van der Waals surface area contributed by atoms with Crippen LogP contribution in [0.3, 0.4) is 0 Å². The molecular weight excluding hydrogens is 262 g/mol. The second kappa shape index (κ2) is 6.91. The van der Waals surface area contributed by atoms with Crippen LogP contribution in [0.5, 0.6) is 5.75 Å². The Kier molecular flexibility index (Phi) is 4.95. The minimum atomic E-state index is -0.459. The zero-order valence-corrected chi connectivity index (χ0v) is 11.3. The number of nitrogens with one attached hydrogen (secondary N) is 1. The number of hydrogen-bond donors (Lipinski definition) is 1. The van der Waals surface area contributed by atoms with Crippen LogP contribution < -0.4 is 10.1 Å². The first-order valence-corrected chi connectivity index (χ1v) is 6.41. The summed E-state index contributed by atoms with van der Waals surface area (Å²) in [7, 11) is 1.30. The monoisotopic (exact) mass is 279 g/mol. The van der Waals surface area contributed by atoms with Crippen LogP contribution in [0.1, 0.15) is 12.8 Å². The third-order valence-corrected chi connectivity index (χ3v) is 2.91. The molecule has 20 heavy (non-hydrogen) atoms. The fourth-order valence-electron chi connectivity index (χ4n) is 1.87. The number of carbonyl (C=O) groups excluding carboxylic acids is 2. The van der Waals surface area contributed by atoms with Gasteiger partial charge in [0.2, 0.25) is 0 Å². The fourth-order valence-corrected chi connectivity index (χ4v) is 1.87. The first-order valence-electron chi connectivity index (χ1n) is 6.41. The van der Waals surface area contributed by atoms with Crippen molar-refractivity contribution in [1.82, 2.24) is 0 Å². The number of methoxy groups -OCH3 is 1. The Hall–Kier alpha value is -2.08. The van der Waals surface area contributed by atoms with Crippen LogP contribution in [-0.4, -0.2) is 38.3 Å². The minimum absolute atomic E-state index is 0.160. The summed E-state index contributed by atoms with van der Waals surface area (Å²) >= 11 is 0. The van der Waals surface area contributed by atoms with Gasteiger partial charge in [0.15, 0.2) is 6.61 Å². The van der Waals surface area contributed by atoms with Gasteiger partial charge in [-0.2, -0.15) is 0 Å². The third kappa shape index (κ3) is 3.96. The van der Waals surface area contributed by atoms with Gasteiger partial charge < -0.3 is 19.5 Å². The Balaban J connectivity index is 1.91. The standard InChI is InChI=1S/C14H17NO5/c1-18-13(16)9-20-11-5-2-4-10(8-11)15-14(17)12-6-3-7-19-12/h2,4-5,8,12H,3,6-7,9H2,1H3,(H,15,17)/t12-/m1/s1. The van der Waals surface area contributed by atoms with Gasteiger partial charge in [-0.05, 0) is 25.0 Å². The predicted octanol–water partition coefficient (Wildman–Crippen LogP) is 1.36. The number of esters is 1. The highest BCUT2D eigenvalue weighted by Gasteiger charge is 2.23. The minimum Gasteiger partial charge on any atom is -0.482 e. The summed E-state index contributed by atoms with van der Waals surface area (Å²) in [5.41, 5.74) is 0.605. The second-order valence-electron chi connectivity index (χ2n) is 4.38. The average Bonchev–Trinajstić information content (AvgIpc) is 2.99. The summed E-state index contributed by atoms with van der Waals surface area (Å²) in [6.07, 6.45) is 1.26. The van der Waals surface area contributed by atoms with Gasteiger partial charge >= 0.3 is 5.97 Å². The zero-order valence-electron chi connectivity index (χ0n) is 11.3. The molecule has 108 valence electrons. The molecule has 0 aliphatic carbocycles. The van der Waals surface area contributed by atoms with Crippen molar-refractivity contribution in [1.29, 1.82) is 0 Å². The van der Waals surface area contributed by atoms with Gasteiger partial charge in [0, 0.05) is 18.4 Å². The lowest BCUT2D eigenvalue weighted by Crippen LogP contribution is -2.26. The van der Waals surface area contributed by atoms with Crippen molar-refractivity contribution < 1.29 is 23.8 Å². The van der Waals surface area contributed by atoms with Crippen LogP contribution in [0.25, 0.3) is 0 Å². The lowest BCUT2D eigenvalue weighted by molar-refractivity contribution is -0.142. The maximum absolute atomic E-state index is 11.9. The van der Waals surface area contributed by atoms with Gasteiger partial charge in [0.05, 0.1) is 7.11 Å². The van der Waals surface area contributed by atoms with Crippen LogP contribution in [-0.2, 0) is 19.1 Å². The summed E-state index contributed by atoms with van der Waals surface area (Å²) in [5.74, 6) is -0.132. The first-order chi connectivity index (χ1) is 9.69. The molecule has 1 aliphatic rings. The van der Waals surface area contributed by atoms with Gasteiger partial charge in [0.1, 0.15) is 11.9 Å². The Bertz CT molecular complexity index is 482. The molecule has 0 radical (unpaired) electrons. The molecule has 6 nitrogen and oxygen atoms in total. The van der Waals surface area contributed by atoms with E-state index >= 15 is 0 Å². The third-order valence-electron chi connectivity index (χ3n) is 2.91.